The third kappa shape index (κ3) is 3.01. The number of carbonyl (C=O) groups is 2. The highest BCUT2D eigenvalue weighted by molar-refractivity contribution is 6.27. The highest BCUT2D eigenvalue weighted by atomic mass is 16.2. The summed E-state index contributed by atoms with van der Waals surface area (Å²) in [6.45, 7) is 7.07. The molecule has 1 atom stereocenters. The van der Waals surface area contributed by atoms with Crippen LogP contribution in [0.5, 0.6) is 0 Å². The van der Waals surface area contributed by atoms with Crippen LogP contribution in [0.3, 0.4) is 0 Å². The first-order valence-electron chi connectivity index (χ1n) is 7.66. The summed E-state index contributed by atoms with van der Waals surface area (Å²) >= 11 is 0. The monoisotopic (exact) mass is 305 g/mol. The second kappa shape index (κ2) is 6.31. The van der Waals surface area contributed by atoms with Gasteiger partial charge in [0.05, 0.1) is 0 Å². The number of carbonyl (C=O) groups excluding carboxylic acids is 2. The smallest absolute Gasteiger partial charge is 0.216 e. The number of rotatable bonds is 5. The Hall–Kier alpha value is -2.52. The number of benzene rings is 2. The fourth-order valence-electron chi connectivity index (χ4n) is 3.16. The molecule has 1 aliphatic rings. The molecule has 1 heterocycles. The molecular formula is C20H19NO2. The third-order valence-corrected chi connectivity index (χ3v) is 4.32. The van der Waals surface area contributed by atoms with Crippen LogP contribution < -0.4 is 0 Å². The van der Waals surface area contributed by atoms with E-state index in [1.165, 1.54) is 0 Å². The SMILES string of the molecule is C=Cc1ccc(CN2Cc3ccc(C)cc3C2C(=O)C=O)cc1. The standard InChI is InChI=1S/C20H19NO2/c1-3-15-5-7-16(8-6-15)11-21-12-17-9-4-14(2)10-18(17)20(21)19(23)13-22/h3-10,13,20H,1,11-12H2,2H3. The second-order valence-electron chi connectivity index (χ2n) is 5.98. The summed E-state index contributed by atoms with van der Waals surface area (Å²) in [6.07, 6.45) is 2.24. The normalized spacial score (nSPS) is 16.8. The van der Waals surface area contributed by atoms with Crippen LogP contribution in [0.4, 0.5) is 0 Å². The van der Waals surface area contributed by atoms with Crippen molar-refractivity contribution in [3.63, 3.8) is 0 Å². The highest BCUT2D eigenvalue weighted by Crippen LogP contribution is 2.35. The summed E-state index contributed by atoms with van der Waals surface area (Å²) in [7, 11) is 0. The Bertz CT molecular complexity index is 762. The molecule has 116 valence electrons. The van der Waals surface area contributed by atoms with Crippen LogP contribution in [0.25, 0.3) is 6.08 Å². The van der Waals surface area contributed by atoms with Gasteiger partial charge in [-0.15, -0.1) is 0 Å². The van der Waals surface area contributed by atoms with Crippen LogP contribution in [0.15, 0.2) is 49.0 Å². The first-order chi connectivity index (χ1) is 11.1. The molecule has 3 nitrogen and oxygen atoms in total. The molecule has 0 aromatic heterocycles. The summed E-state index contributed by atoms with van der Waals surface area (Å²) in [5.74, 6) is -0.378. The Morgan fingerprint density at radius 1 is 1.26 bits per heavy atom. The van der Waals surface area contributed by atoms with Crippen molar-refractivity contribution in [2.24, 2.45) is 0 Å². The molecule has 23 heavy (non-hydrogen) atoms. The van der Waals surface area contributed by atoms with Gasteiger partial charge in [-0.3, -0.25) is 14.5 Å². The average Bonchev–Trinajstić information content (AvgIpc) is 2.92. The van der Waals surface area contributed by atoms with Crippen LogP contribution in [-0.2, 0) is 22.7 Å². The molecule has 1 aliphatic heterocycles. The molecule has 0 spiro atoms. The van der Waals surface area contributed by atoms with Crippen LogP contribution in [0, 0.1) is 6.92 Å². The number of hydrogen-bond acceptors (Lipinski definition) is 3. The van der Waals surface area contributed by atoms with Gasteiger partial charge < -0.3 is 0 Å². The minimum atomic E-state index is -0.471. The van der Waals surface area contributed by atoms with Crippen molar-refractivity contribution in [3.8, 4) is 0 Å². The lowest BCUT2D eigenvalue weighted by Crippen LogP contribution is -2.28. The van der Waals surface area contributed by atoms with Crippen molar-refractivity contribution in [1.29, 1.82) is 0 Å². The van der Waals surface area contributed by atoms with Gasteiger partial charge in [-0.2, -0.15) is 0 Å². The number of nitrogens with zero attached hydrogens (tertiary/aromatic N) is 1. The molecule has 0 saturated carbocycles. The zero-order valence-electron chi connectivity index (χ0n) is 13.2. The molecule has 0 radical (unpaired) electrons. The van der Waals surface area contributed by atoms with Crippen molar-refractivity contribution in [1.82, 2.24) is 4.90 Å². The molecular weight excluding hydrogens is 286 g/mol. The van der Waals surface area contributed by atoms with Gasteiger partial charge in [0, 0.05) is 13.1 Å². The van der Waals surface area contributed by atoms with Crippen LogP contribution in [-0.4, -0.2) is 17.0 Å². The van der Waals surface area contributed by atoms with E-state index in [1.807, 2.05) is 43.3 Å². The Kier molecular flexibility index (Phi) is 4.22. The fourth-order valence-corrected chi connectivity index (χ4v) is 3.16. The summed E-state index contributed by atoms with van der Waals surface area (Å²) in [6, 6.07) is 13.7. The number of Topliss-reactive ketones (excluding diaryl/α,β-unsaturated/α-hetero) is 1. The first-order valence-corrected chi connectivity index (χ1v) is 7.66. The van der Waals surface area contributed by atoms with Crippen LogP contribution >= 0.6 is 0 Å². The molecule has 0 fully saturated rings. The first kappa shape index (κ1) is 15.4. The van der Waals surface area contributed by atoms with Crippen molar-refractivity contribution < 1.29 is 9.59 Å². The van der Waals surface area contributed by atoms with E-state index >= 15 is 0 Å². The minimum absolute atomic E-state index is 0.378. The van der Waals surface area contributed by atoms with Crippen LogP contribution in [0.2, 0.25) is 0 Å². The summed E-state index contributed by atoms with van der Waals surface area (Å²) in [5, 5.41) is 0. The predicted octanol–water partition coefficient (Wildman–Crippen LogP) is 3.46. The van der Waals surface area contributed by atoms with Gasteiger partial charge in [0.15, 0.2) is 6.29 Å². The Morgan fingerprint density at radius 2 is 2.00 bits per heavy atom. The fraction of sp³-hybridized carbons (Fsp3) is 0.200. The molecule has 1 unspecified atom stereocenters. The summed E-state index contributed by atoms with van der Waals surface area (Å²) < 4.78 is 0. The zero-order valence-corrected chi connectivity index (χ0v) is 13.2. The zero-order chi connectivity index (χ0) is 16.4. The predicted molar refractivity (Wildman–Crippen MR) is 90.8 cm³/mol. The quantitative estimate of drug-likeness (QED) is 0.627. The van der Waals surface area contributed by atoms with E-state index in [-0.39, 0.29) is 5.78 Å². The van der Waals surface area contributed by atoms with Gasteiger partial charge in [0.2, 0.25) is 5.78 Å². The lowest BCUT2D eigenvalue weighted by Gasteiger charge is -2.22. The Balaban J connectivity index is 1.90. The average molecular weight is 305 g/mol. The van der Waals surface area contributed by atoms with Gasteiger partial charge in [0.1, 0.15) is 6.04 Å². The van der Waals surface area contributed by atoms with Gasteiger partial charge in [-0.25, -0.2) is 0 Å². The van der Waals surface area contributed by atoms with E-state index in [4.69, 9.17) is 0 Å². The van der Waals surface area contributed by atoms with Crippen molar-refractivity contribution in [2.45, 2.75) is 26.1 Å². The molecule has 0 N–H and O–H groups in total. The number of ketones is 1. The number of fused-ring (bicyclic) bond motifs is 1. The van der Waals surface area contributed by atoms with Crippen LogP contribution in [0.1, 0.15) is 33.9 Å². The maximum absolute atomic E-state index is 12.2. The van der Waals surface area contributed by atoms with Gasteiger partial charge >= 0.3 is 0 Å². The largest absolute Gasteiger partial charge is 0.295 e. The molecule has 3 heteroatoms. The Morgan fingerprint density at radius 3 is 2.65 bits per heavy atom. The van der Waals surface area contributed by atoms with E-state index in [0.717, 1.165) is 27.8 Å². The molecule has 2 aromatic rings. The second-order valence-corrected chi connectivity index (χ2v) is 5.98. The summed E-state index contributed by atoms with van der Waals surface area (Å²) in [4.78, 5) is 25.3. The topological polar surface area (TPSA) is 37.4 Å². The minimum Gasteiger partial charge on any atom is -0.295 e. The molecule has 0 amide bonds. The van der Waals surface area contributed by atoms with E-state index in [0.29, 0.717) is 19.4 Å². The number of aldehydes is 1. The molecule has 0 aliphatic carbocycles. The lowest BCUT2D eigenvalue weighted by atomic mass is 9.99. The van der Waals surface area contributed by atoms with Gasteiger partial charge in [-0.05, 0) is 29.2 Å². The number of aryl methyl sites for hydroxylation is 1. The van der Waals surface area contributed by atoms with Gasteiger partial charge in [-0.1, -0.05) is 60.7 Å². The maximum Gasteiger partial charge on any atom is 0.216 e. The molecule has 0 bridgehead atoms. The van der Waals surface area contributed by atoms with E-state index in [9.17, 15) is 9.59 Å². The van der Waals surface area contributed by atoms with E-state index < -0.39 is 6.04 Å². The van der Waals surface area contributed by atoms with Gasteiger partial charge in [0.25, 0.3) is 0 Å². The molecule has 0 saturated heterocycles. The lowest BCUT2D eigenvalue weighted by molar-refractivity contribution is -0.133. The maximum atomic E-state index is 12.2. The molecule has 2 aromatic carbocycles. The van der Waals surface area contributed by atoms with E-state index in [2.05, 4.69) is 17.5 Å². The molecule has 3 rings (SSSR count). The third-order valence-electron chi connectivity index (χ3n) is 4.32. The van der Waals surface area contributed by atoms with Crippen molar-refractivity contribution in [3.05, 3.63) is 76.9 Å². The van der Waals surface area contributed by atoms with Crippen molar-refractivity contribution in [2.75, 3.05) is 0 Å². The van der Waals surface area contributed by atoms with E-state index in [1.54, 1.807) is 6.08 Å². The Labute approximate surface area is 136 Å². The summed E-state index contributed by atoms with van der Waals surface area (Å²) in [5.41, 5.74) is 5.37. The number of hydrogen-bond donors (Lipinski definition) is 0. The van der Waals surface area contributed by atoms with Crippen molar-refractivity contribution >= 4 is 18.1 Å². The highest BCUT2D eigenvalue weighted by Gasteiger charge is 2.35.